The molecule has 0 fully saturated rings. The van der Waals surface area contributed by atoms with E-state index in [0.717, 1.165) is 5.56 Å². The number of rotatable bonds is 3. The fourth-order valence-electron chi connectivity index (χ4n) is 1.83. The minimum absolute atomic E-state index is 0.545. The molecule has 3 heteroatoms. The molecule has 3 nitrogen and oxygen atoms in total. The highest BCUT2D eigenvalue weighted by atomic mass is 16.3. The fraction of sp³-hybridized carbons (Fsp3) is 0.286. The van der Waals surface area contributed by atoms with E-state index in [1.54, 1.807) is 12.4 Å². The zero-order chi connectivity index (χ0) is 12.3. The highest BCUT2D eigenvalue weighted by Crippen LogP contribution is 2.20. The van der Waals surface area contributed by atoms with Gasteiger partial charge in [0.2, 0.25) is 0 Å². The molecular weight excluding hydrogens is 212 g/mol. The summed E-state index contributed by atoms with van der Waals surface area (Å²) < 4.78 is 0. The van der Waals surface area contributed by atoms with E-state index in [2.05, 4.69) is 42.0 Å². The van der Waals surface area contributed by atoms with Gasteiger partial charge in [0.25, 0.3) is 0 Å². The van der Waals surface area contributed by atoms with Crippen molar-refractivity contribution < 1.29 is 5.11 Å². The summed E-state index contributed by atoms with van der Waals surface area (Å²) in [7, 11) is 0. The van der Waals surface area contributed by atoms with Gasteiger partial charge in [0.15, 0.2) is 0 Å². The maximum atomic E-state index is 10.1. The molecule has 0 amide bonds. The van der Waals surface area contributed by atoms with Crippen molar-refractivity contribution >= 4 is 0 Å². The Bertz CT molecular complexity index is 497. The van der Waals surface area contributed by atoms with E-state index >= 15 is 0 Å². The van der Waals surface area contributed by atoms with Gasteiger partial charge in [0.05, 0.1) is 6.10 Å². The van der Waals surface area contributed by atoms with E-state index in [0.29, 0.717) is 6.42 Å². The molecule has 0 aliphatic carbocycles. The molecule has 0 bridgehead atoms. The van der Waals surface area contributed by atoms with Crippen molar-refractivity contribution in [1.29, 1.82) is 0 Å². The SMILES string of the molecule is Cc1ccc(C)c(CC(O)c2cncnc2)c1. The van der Waals surface area contributed by atoms with E-state index < -0.39 is 6.10 Å². The van der Waals surface area contributed by atoms with Gasteiger partial charge >= 0.3 is 0 Å². The van der Waals surface area contributed by atoms with Gasteiger partial charge in [-0.1, -0.05) is 23.8 Å². The van der Waals surface area contributed by atoms with Crippen molar-refractivity contribution in [3.63, 3.8) is 0 Å². The number of hydrogen-bond donors (Lipinski definition) is 1. The molecule has 2 aromatic rings. The Morgan fingerprint density at radius 1 is 1.18 bits per heavy atom. The van der Waals surface area contributed by atoms with Crippen LogP contribution in [-0.2, 0) is 6.42 Å². The molecule has 17 heavy (non-hydrogen) atoms. The lowest BCUT2D eigenvalue weighted by molar-refractivity contribution is 0.177. The molecule has 88 valence electrons. The Labute approximate surface area is 101 Å². The number of benzene rings is 1. The van der Waals surface area contributed by atoms with Crippen molar-refractivity contribution in [2.24, 2.45) is 0 Å². The highest BCUT2D eigenvalue weighted by molar-refractivity contribution is 5.31. The second-order valence-electron chi connectivity index (χ2n) is 4.32. The van der Waals surface area contributed by atoms with Crippen molar-refractivity contribution in [3.05, 3.63) is 59.2 Å². The molecule has 1 unspecified atom stereocenters. The van der Waals surface area contributed by atoms with Crippen LogP contribution in [0.5, 0.6) is 0 Å². The molecule has 0 spiro atoms. The average molecular weight is 228 g/mol. The van der Waals surface area contributed by atoms with Gasteiger partial charge in [-0.3, -0.25) is 0 Å². The predicted octanol–water partition coefficient (Wildman–Crippen LogP) is 2.37. The molecule has 2 rings (SSSR count). The van der Waals surface area contributed by atoms with Crippen LogP contribution in [0.3, 0.4) is 0 Å². The van der Waals surface area contributed by atoms with Crippen LogP contribution in [-0.4, -0.2) is 15.1 Å². The van der Waals surface area contributed by atoms with Crippen molar-refractivity contribution in [2.45, 2.75) is 26.4 Å². The lowest BCUT2D eigenvalue weighted by atomic mass is 9.98. The highest BCUT2D eigenvalue weighted by Gasteiger charge is 2.10. The smallest absolute Gasteiger partial charge is 0.115 e. The van der Waals surface area contributed by atoms with Crippen LogP contribution in [0, 0.1) is 13.8 Å². The second kappa shape index (κ2) is 5.06. The van der Waals surface area contributed by atoms with Gasteiger partial charge in [-0.05, 0) is 25.0 Å². The maximum Gasteiger partial charge on any atom is 0.115 e. The third-order valence-corrected chi connectivity index (χ3v) is 2.88. The molecule has 0 saturated carbocycles. The fourth-order valence-corrected chi connectivity index (χ4v) is 1.83. The maximum absolute atomic E-state index is 10.1. The molecule has 1 atom stereocenters. The summed E-state index contributed by atoms with van der Waals surface area (Å²) in [6, 6.07) is 6.28. The number of aryl methyl sites for hydroxylation is 2. The Balaban J connectivity index is 2.18. The number of nitrogens with zero attached hydrogens (tertiary/aromatic N) is 2. The Morgan fingerprint density at radius 3 is 2.59 bits per heavy atom. The van der Waals surface area contributed by atoms with Gasteiger partial charge in [-0.15, -0.1) is 0 Å². The molecule has 1 aromatic carbocycles. The van der Waals surface area contributed by atoms with Crippen molar-refractivity contribution in [3.8, 4) is 0 Å². The summed E-state index contributed by atoms with van der Waals surface area (Å²) in [6.07, 6.45) is 4.83. The topological polar surface area (TPSA) is 46.0 Å². The summed E-state index contributed by atoms with van der Waals surface area (Å²) in [5, 5.41) is 10.1. The zero-order valence-electron chi connectivity index (χ0n) is 10.1. The van der Waals surface area contributed by atoms with Crippen LogP contribution in [0.4, 0.5) is 0 Å². The van der Waals surface area contributed by atoms with Gasteiger partial charge in [0, 0.05) is 24.4 Å². The predicted molar refractivity (Wildman–Crippen MR) is 66.6 cm³/mol. The van der Waals surface area contributed by atoms with Crippen molar-refractivity contribution in [2.75, 3.05) is 0 Å². The molecule has 0 aliphatic rings. The van der Waals surface area contributed by atoms with Crippen molar-refractivity contribution in [1.82, 2.24) is 9.97 Å². The second-order valence-corrected chi connectivity index (χ2v) is 4.32. The van der Waals surface area contributed by atoms with Crippen LogP contribution in [0.2, 0.25) is 0 Å². The quantitative estimate of drug-likeness (QED) is 0.877. The number of aliphatic hydroxyl groups is 1. The standard InChI is InChI=1S/C14H16N2O/c1-10-3-4-11(2)12(5-10)6-14(17)13-7-15-9-16-8-13/h3-5,7-9,14,17H,6H2,1-2H3. The summed E-state index contributed by atoms with van der Waals surface area (Å²) in [5.41, 5.74) is 4.34. The first-order valence-electron chi connectivity index (χ1n) is 5.66. The molecule has 0 aliphatic heterocycles. The third-order valence-electron chi connectivity index (χ3n) is 2.88. The van der Waals surface area contributed by atoms with Gasteiger partial charge in [-0.2, -0.15) is 0 Å². The zero-order valence-corrected chi connectivity index (χ0v) is 10.1. The summed E-state index contributed by atoms with van der Waals surface area (Å²) in [6.45, 7) is 4.12. The average Bonchev–Trinajstić information content (AvgIpc) is 2.35. The van der Waals surface area contributed by atoms with Crippen LogP contribution in [0.25, 0.3) is 0 Å². The molecule has 1 N–H and O–H groups in total. The van der Waals surface area contributed by atoms with Crippen LogP contribution in [0.15, 0.2) is 36.9 Å². The largest absolute Gasteiger partial charge is 0.388 e. The van der Waals surface area contributed by atoms with Gasteiger partial charge in [-0.25, -0.2) is 9.97 Å². The molecular formula is C14H16N2O. The summed E-state index contributed by atoms with van der Waals surface area (Å²) >= 11 is 0. The van der Waals surface area contributed by atoms with Crippen LogP contribution < -0.4 is 0 Å². The van der Waals surface area contributed by atoms with E-state index in [1.165, 1.54) is 23.0 Å². The first kappa shape index (κ1) is 11.7. The molecule has 1 heterocycles. The molecule has 0 saturated heterocycles. The Hall–Kier alpha value is -1.74. The number of aromatic nitrogens is 2. The van der Waals surface area contributed by atoms with Gasteiger partial charge < -0.3 is 5.11 Å². The van der Waals surface area contributed by atoms with E-state index in [1.807, 2.05) is 0 Å². The summed E-state index contributed by atoms with van der Waals surface area (Å²) in [5.74, 6) is 0. The minimum Gasteiger partial charge on any atom is -0.388 e. The monoisotopic (exact) mass is 228 g/mol. The summed E-state index contributed by atoms with van der Waals surface area (Å²) in [4.78, 5) is 7.83. The van der Waals surface area contributed by atoms with Crippen LogP contribution >= 0.6 is 0 Å². The number of aliphatic hydroxyl groups excluding tert-OH is 1. The Morgan fingerprint density at radius 2 is 1.88 bits per heavy atom. The minimum atomic E-state index is -0.545. The first-order chi connectivity index (χ1) is 8.16. The first-order valence-corrected chi connectivity index (χ1v) is 5.66. The normalized spacial score (nSPS) is 12.4. The number of hydrogen-bond acceptors (Lipinski definition) is 3. The van der Waals surface area contributed by atoms with E-state index in [9.17, 15) is 5.11 Å². The lowest BCUT2D eigenvalue weighted by Crippen LogP contribution is -2.04. The lowest BCUT2D eigenvalue weighted by Gasteiger charge is -2.12. The van der Waals surface area contributed by atoms with Crippen LogP contribution in [0.1, 0.15) is 28.4 Å². The Kier molecular flexibility index (Phi) is 3.49. The molecule has 0 radical (unpaired) electrons. The third kappa shape index (κ3) is 2.88. The van der Waals surface area contributed by atoms with Gasteiger partial charge in [0.1, 0.15) is 6.33 Å². The molecule has 1 aromatic heterocycles. The van der Waals surface area contributed by atoms with E-state index in [-0.39, 0.29) is 0 Å². The van der Waals surface area contributed by atoms with E-state index in [4.69, 9.17) is 0 Å².